The Labute approximate surface area is 134 Å². The molecule has 0 unspecified atom stereocenters. The number of benzene rings is 1. The van der Waals surface area contributed by atoms with Crippen molar-refractivity contribution in [3.05, 3.63) is 47.5 Å². The van der Waals surface area contributed by atoms with Gasteiger partial charge in [0.25, 0.3) is 0 Å². The average Bonchev–Trinajstić information content (AvgIpc) is 2.98. The maximum atomic E-state index is 11.9. The van der Waals surface area contributed by atoms with E-state index in [9.17, 15) is 4.79 Å². The zero-order valence-electron chi connectivity index (χ0n) is 12.5. The van der Waals surface area contributed by atoms with E-state index in [-0.39, 0.29) is 12.1 Å². The molecule has 0 aliphatic rings. The Morgan fingerprint density at radius 3 is 3.00 bits per heavy atom. The highest BCUT2D eigenvalue weighted by atomic mass is 35.5. The van der Waals surface area contributed by atoms with Crippen molar-refractivity contribution in [3.63, 3.8) is 0 Å². The average molecular weight is 323 g/mol. The minimum Gasteiger partial charge on any atom is -0.496 e. The van der Waals surface area contributed by atoms with Gasteiger partial charge in [-0.1, -0.05) is 11.6 Å². The second kappa shape index (κ2) is 7.70. The molecule has 7 heteroatoms. The predicted octanol–water partition coefficient (Wildman–Crippen LogP) is 2.43. The highest BCUT2D eigenvalue weighted by Crippen LogP contribution is 2.22. The summed E-state index contributed by atoms with van der Waals surface area (Å²) in [4.78, 5) is 15.9. The SMILES string of the molecule is COc1ccc(Cl)cc1CNC(=O)N[C@H](C)Cn1ccnc1. The van der Waals surface area contributed by atoms with Gasteiger partial charge in [-0.15, -0.1) is 0 Å². The Bertz CT molecular complexity index is 616. The van der Waals surface area contributed by atoms with E-state index in [1.165, 1.54) is 0 Å². The molecule has 1 atom stereocenters. The lowest BCUT2D eigenvalue weighted by Gasteiger charge is -2.16. The topological polar surface area (TPSA) is 68.2 Å². The molecule has 1 aromatic carbocycles. The molecule has 6 nitrogen and oxygen atoms in total. The van der Waals surface area contributed by atoms with E-state index in [4.69, 9.17) is 16.3 Å². The van der Waals surface area contributed by atoms with Crippen molar-refractivity contribution in [2.75, 3.05) is 7.11 Å². The minimum absolute atomic E-state index is 0.0181. The molecule has 118 valence electrons. The first-order chi connectivity index (χ1) is 10.6. The number of halogens is 1. The summed E-state index contributed by atoms with van der Waals surface area (Å²) in [5.41, 5.74) is 0.826. The Morgan fingerprint density at radius 1 is 1.50 bits per heavy atom. The molecule has 0 aliphatic carbocycles. The standard InChI is InChI=1S/C15H19ClN4O2/c1-11(9-20-6-5-17-10-20)19-15(21)18-8-12-7-13(16)3-4-14(12)22-2/h3-7,10-11H,8-9H2,1-2H3,(H2,18,19,21)/t11-/m1/s1. The summed E-state index contributed by atoms with van der Waals surface area (Å²) in [6.07, 6.45) is 5.28. The number of methoxy groups -OCH3 is 1. The van der Waals surface area contributed by atoms with Crippen molar-refractivity contribution in [3.8, 4) is 5.75 Å². The van der Waals surface area contributed by atoms with Crippen molar-refractivity contribution in [2.24, 2.45) is 0 Å². The summed E-state index contributed by atoms with van der Waals surface area (Å²) >= 11 is 5.96. The Morgan fingerprint density at radius 2 is 2.32 bits per heavy atom. The summed E-state index contributed by atoms with van der Waals surface area (Å²) in [7, 11) is 1.58. The van der Waals surface area contributed by atoms with E-state index in [0.29, 0.717) is 23.9 Å². The first-order valence-electron chi connectivity index (χ1n) is 6.91. The molecule has 0 spiro atoms. The molecule has 1 heterocycles. The van der Waals surface area contributed by atoms with Crippen LogP contribution in [-0.4, -0.2) is 28.7 Å². The van der Waals surface area contributed by atoms with Crippen molar-refractivity contribution < 1.29 is 9.53 Å². The number of hydrogen-bond acceptors (Lipinski definition) is 3. The van der Waals surface area contributed by atoms with Gasteiger partial charge in [-0.2, -0.15) is 0 Å². The third kappa shape index (κ3) is 4.66. The third-order valence-corrected chi connectivity index (χ3v) is 3.34. The summed E-state index contributed by atoms with van der Waals surface area (Å²) in [5, 5.41) is 6.27. The first-order valence-corrected chi connectivity index (χ1v) is 7.29. The van der Waals surface area contributed by atoms with Crippen molar-refractivity contribution >= 4 is 17.6 Å². The quantitative estimate of drug-likeness (QED) is 0.858. The number of nitrogens with one attached hydrogen (secondary N) is 2. The zero-order chi connectivity index (χ0) is 15.9. The fourth-order valence-electron chi connectivity index (χ4n) is 2.09. The van der Waals surface area contributed by atoms with Crippen molar-refractivity contribution in [1.82, 2.24) is 20.2 Å². The molecule has 0 saturated carbocycles. The van der Waals surface area contributed by atoms with Crippen LogP contribution in [0.4, 0.5) is 4.79 Å². The van der Waals surface area contributed by atoms with E-state index in [1.54, 1.807) is 37.8 Å². The molecule has 2 amide bonds. The van der Waals surface area contributed by atoms with Crippen LogP contribution in [0.1, 0.15) is 12.5 Å². The highest BCUT2D eigenvalue weighted by Gasteiger charge is 2.09. The van der Waals surface area contributed by atoms with Gasteiger partial charge in [-0.3, -0.25) is 0 Å². The molecule has 2 aromatic rings. The molecule has 1 aromatic heterocycles. The molecule has 0 aliphatic heterocycles. The number of aromatic nitrogens is 2. The van der Waals surface area contributed by atoms with Crippen LogP contribution in [0, 0.1) is 0 Å². The molecule has 0 fully saturated rings. The second-order valence-corrected chi connectivity index (χ2v) is 5.38. The van der Waals surface area contributed by atoms with Gasteiger partial charge in [0.2, 0.25) is 0 Å². The first kappa shape index (κ1) is 16.2. The van der Waals surface area contributed by atoms with Crippen LogP contribution in [0.25, 0.3) is 0 Å². The number of carbonyl (C=O) groups excluding carboxylic acids is 1. The van der Waals surface area contributed by atoms with E-state index in [1.807, 2.05) is 17.7 Å². The monoisotopic (exact) mass is 322 g/mol. The lowest BCUT2D eigenvalue weighted by atomic mass is 10.2. The lowest BCUT2D eigenvalue weighted by molar-refractivity contribution is 0.236. The van der Waals surface area contributed by atoms with Crippen LogP contribution < -0.4 is 15.4 Å². The number of imidazole rings is 1. The number of urea groups is 1. The molecule has 2 rings (SSSR count). The summed E-state index contributed by atoms with van der Waals surface area (Å²) in [6.45, 7) is 2.93. The predicted molar refractivity (Wildman–Crippen MR) is 85.1 cm³/mol. The van der Waals surface area contributed by atoms with E-state index in [2.05, 4.69) is 15.6 Å². The van der Waals surface area contributed by atoms with Crippen molar-refractivity contribution in [2.45, 2.75) is 26.1 Å². The maximum absolute atomic E-state index is 11.9. The lowest BCUT2D eigenvalue weighted by Crippen LogP contribution is -2.42. The molecule has 0 bridgehead atoms. The molecule has 22 heavy (non-hydrogen) atoms. The van der Waals surface area contributed by atoms with Gasteiger partial charge < -0.3 is 19.9 Å². The minimum atomic E-state index is -0.241. The van der Waals surface area contributed by atoms with Gasteiger partial charge in [0, 0.05) is 42.1 Å². The van der Waals surface area contributed by atoms with E-state index < -0.39 is 0 Å². The van der Waals surface area contributed by atoms with Gasteiger partial charge in [0.15, 0.2) is 0 Å². The fraction of sp³-hybridized carbons (Fsp3) is 0.333. The van der Waals surface area contributed by atoms with E-state index >= 15 is 0 Å². The second-order valence-electron chi connectivity index (χ2n) is 4.94. The van der Waals surface area contributed by atoms with Gasteiger partial charge >= 0.3 is 6.03 Å². The smallest absolute Gasteiger partial charge is 0.315 e. The van der Waals surface area contributed by atoms with Crippen molar-refractivity contribution in [1.29, 1.82) is 0 Å². The summed E-state index contributed by atoms with van der Waals surface area (Å²) < 4.78 is 7.15. The van der Waals surface area contributed by atoms with Gasteiger partial charge in [0.05, 0.1) is 13.4 Å². The maximum Gasteiger partial charge on any atom is 0.315 e. The zero-order valence-corrected chi connectivity index (χ0v) is 13.3. The fourth-order valence-corrected chi connectivity index (χ4v) is 2.29. The molecular weight excluding hydrogens is 304 g/mol. The van der Waals surface area contributed by atoms with E-state index in [0.717, 1.165) is 5.56 Å². The third-order valence-electron chi connectivity index (χ3n) is 3.10. The van der Waals surface area contributed by atoms with Gasteiger partial charge in [-0.05, 0) is 25.1 Å². The molecule has 0 radical (unpaired) electrons. The number of nitrogens with zero attached hydrogens (tertiary/aromatic N) is 2. The molecule has 2 N–H and O–H groups in total. The van der Waals surface area contributed by atoms with Crippen LogP contribution in [0.2, 0.25) is 5.02 Å². The number of amides is 2. The molecular formula is C15H19ClN4O2. The van der Waals surface area contributed by atoms with Crippen LogP contribution in [0.15, 0.2) is 36.9 Å². The van der Waals surface area contributed by atoms with Crippen LogP contribution in [0.5, 0.6) is 5.75 Å². The Hall–Kier alpha value is -2.21. The number of ether oxygens (including phenoxy) is 1. The Kier molecular flexibility index (Phi) is 5.66. The normalized spacial score (nSPS) is 11.8. The Balaban J connectivity index is 1.83. The summed E-state index contributed by atoms with van der Waals surface area (Å²) in [5.74, 6) is 0.691. The van der Waals surface area contributed by atoms with Gasteiger partial charge in [-0.25, -0.2) is 9.78 Å². The van der Waals surface area contributed by atoms with Crippen LogP contribution >= 0.6 is 11.6 Å². The number of hydrogen-bond donors (Lipinski definition) is 2. The summed E-state index contributed by atoms with van der Waals surface area (Å²) in [6, 6.07) is 5.04. The van der Waals surface area contributed by atoms with Crippen LogP contribution in [0.3, 0.4) is 0 Å². The molecule has 0 saturated heterocycles. The highest BCUT2D eigenvalue weighted by molar-refractivity contribution is 6.30. The van der Waals surface area contributed by atoms with Gasteiger partial charge in [0.1, 0.15) is 5.75 Å². The largest absolute Gasteiger partial charge is 0.496 e. The van der Waals surface area contributed by atoms with Crippen LogP contribution in [-0.2, 0) is 13.1 Å². The number of carbonyl (C=O) groups is 1. The number of rotatable bonds is 6.